The minimum absolute atomic E-state index is 0.00619. The fourth-order valence-corrected chi connectivity index (χ4v) is 2.39. The van der Waals surface area contributed by atoms with Crippen molar-refractivity contribution in [1.29, 1.82) is 0 Å². The molecule has 0 spiro atoms. The number of hydrogen-bond donors (Lipinski definition) is 3. The van der Waals surface area contributed by atoms with Gasteiger partial charge in [-0.05, 0) is 24.8 Å². The number of amides is 2. The molecule has 0 radical (unpaired) electrons. The van der Waals surface area contributed by atoms with Crippen molar-refractivity contribution in [3.05, 3.63) is 35.9 Å². The van der Waals surface area contributed by atoms with Crippen LogP contribution in [0.4, 0.5) is 0 Å². The molecule has 0 aliphatic carbocycles. The summed E-state index contributed by atoms with van der Waals surface area (Å²) in [7, 11) is 0. The van der Waals surface area contributed by atoms with Crippen molar-refractivity contribution in [3.63, 3.8) is 0 Å². The van der Waals surface area contributed by atoms with Crippen molar-refractivity contribution in [2.24, 2.45) is 0 Å². The minimum Gasteiger partial charge on any atom is -0.481 e. The Morgan fingerprint density at radius 1 is 0.800 bits per heavy atom. The molecule has 1 rings (SSSR count). The number of carboxylic acids is 1. The van der Waals surface area contributed by atoms with Gasteiger partial charge in [0.15, 0.2) is 0 Å². The Kier molecular flexibility index (Phi) is 10.7. The second-order valence-corrected chi connectivity index (χ2v) is 6.02. The van der Waals surface area contributed by atoms with Gasteiger partial charge in [-0.15, -0.1) is 0 Å². The number of carboxylic acid groups (broad SMARTS) is 1. The van der Waals surface area contributed by atoms with Gasteiger partial charge in [0.2, 0.25) is 11.8 Å². The van der Waals surface area contributed by atoms with Crippen molar-refractivity contribution >= 4 is 17.8 Å². The first-order valence-electron chi connectivity index (χ1n) is 8.87. The van der Waals surface area contributed by atoms with Crippen LogP contribution in [-0.2, 0) is 20.8 Å². The average molecular weight is 348 g/mol. The Bertz CT molecular complexity index is 531. The van der Waals surface area contributed by atoms with Crippen molar-refractivity contribution in [3.8, 4) is 0 Å². The zero-order valence-electron chi connectivity index (χ0n) is 14.6. The molecule has 0 fully saturated rings. The number of carbonyl (C=O) groups is 3. The van der Waals surface area contributed by atoms with E-state index < -0.39 is 5.97 Å². The maximum atomic E-state index is 11.7. The zero-order valence-corrected chi connectivity index (χ0v) is 14.6. The molecule has 0 aromatic heterocycles. The largest absolute Gasteiger partial charge is 0.481 e. The fourth-order valence-electron chi connectivity index (χ4n) is 2.39. The summed E-state index contributed by atoms with van der Waals surface area (Å²) < 4.78 is 0. The number of carbonyl (C=O) groups excluding carboxylic acids is 2. The van der Waals surface area contributed by atoms with Crippen LogP contribution in [0.5, 0.6) is 0 Å². The normalized spacial score (nSPS) is 10.2. The molecule has 0 atom stereocenters. The highest BCUT2D eigenvalue weighted by Crippen LogP contribution is 2.04. The quantitative estimate of drug-likeness (QED) is 0.477. The molecule has 6 nitrogen and oxygen atoms in total. The van der Waals surface area contributed by atoms with E-state index in [-0.39, 0.29) is 24.8 Å². The van der Waals surface area contributed by atoms with E-state index in [1.807, 2.05) is 30.3 Å². The molecule has 0 bridgehead atoms. The lowest BCUT2D eigenvalue weighted by molar-refractivity contribution is -0.137. The number of benzene rings is 1. The second-order valence-electron chi connectivity index (χ2n) is 6.02. The van der Waals surface area contributed by atoms with E-state index in [0.29, 0.717) is 25.8 Å². The van der Waals surface area contributed by atoms with Crippen molar-refractivity contribution in [1.82, 2.24) is 10.6 Å². The van der Waals surface area contributed by atoms with Crippen LogP contribution in [0.2, 0.25) is 0 Å². The highest BCUT2D eigenvalue weighted by atomic mass is 16.4. The number of hydrogen-bond acceptors (Lipinski definition) is 3. The molecule has 0 saturated heterocycles. The maximum absolute atomic E-state index is 11.7. The van der Waals surface area contributed by atoms with Crippen LogP contribution in [0, 0.1) is 0 Å². The van der Waals surface area contributed by atoms with Gasteiger partial charge >= 0.3 is 5.97 Å². The molecule has 3 N–H and O–H groups in total. The van der Waals surface area contributed by atoms with Crippen molar-refractivity contribution in [2.45, 2.75) is 51.4 Å². The van der Waals surface area contributed by atoms with E-state index in [2.05, 4.69) is 10.6 Å². The third-order valence-corrected chi connectivity index (χ3v) is 3.82. The summed E-state index contributed by atoms with van der Waals surface area (Å²) in [6, 6.07) is 9.76. The molecule has 138 valence electrons. The van der Waals surface area contributed by atoms with Crippen LogP contribution in [-0.4, -0.2) is 36.0 Å². The molecule has 1 aromatic carbocycles. The molecule has 0 heterocycles. The van der Waals surface area contributed by atoms with Crippen molar-refractivity contribution < 1.29 is 19.5 Å². The lowest BCUT2D eigenvalue weighted by atomic mass is 10.1. The summed E-state index contributed by atoms with van der Waals surface area (Å²) in [5.41, 5.74) is 1.10. The Morgan fingerprint density at radius 3 is 2.20 bits per heavy atom. The summed E-state index contributed by atoms with van der Waals surface area (Å²) in [4.78, 5) is 33.7. The SMILES string of the molecule is O=C(O)CCCCCCCNC(=O)CNC(=O)CCc1ccccc1. The number of unbranched alkanes of at least 4 members (excludes halogenated alkanes) is 4. The predicted octanol–water partition coefficient (Wildman–Crippen LogP) is 2.28. The smallest absolute Gasteiger partial charge is 0.303 e. The monoisotopic (exact) mass is 348 g/mol. The number of aliphatic carboxylic acids is 1. The van der Waals surface area contributed by atoms with Gasteiger partial charge in [0, 0.05) is 19.4 Å². The van der Waals surface area contributed by atoms with Crippen molar-refractivity contribution in [2.75, 3.05) is 13.1 Å². The molecule has 1 aromatic rings. The first-order valence-corrected chi connectivity index (χ1v) is 8.87. The fraction of sp³-hybridized carbons (Fsp3) is 0.526. The molecule has 0 aliphatic rings. The topological polar surface area (TPSA) is 95.5 Å². The van der Waals surface area contributed by atoms with E-state index in [1.165, 1.54) is 0 Å². The van der Waals surface area contributed by atoms with Crippen LogP contribution in [0.15, 0.2) is 30.3 Å². The Balaban J connectivity index is 1.96. The number of aryl methyl sites for hydroxylation is 1. The minimum atomic E-state index is -0.752. The van der Waals surface area contributed by atoms with Crippen LogP contribution in [0.3, 0.4) is 0 Å². The predicted molar refractivity (Wildman–Crippen MR) is 96.1 cm³/mol. The van der Waals surface area contributed by atoms with E-state index in [9.17, 15) is 14.4 Å². The first-order chi connectivity index (χ1) is 12.1. The van der Waals surface area contributed by atoms with Gasteiger partial charge in [-0.3, -0.25) is 14.4 Å². The third-order valence-electron chi connectivity index (χ3n) is 3.82. The standard InChI is InChI=1S/C19H28N2O4/c22-17(13-12-16-9-5-4-6-10-16)21-15-18(23)20-14-8-3-1-2-7-11-19(24)25/h4-6,9-10H,1-3,7-8,11-15H2,(H,20,23)(H,21,22)(H,24,25). The summed E-state index contributed by atoms with van der Waals surface area (Å²) in [6.45, 7) is 0.587. The van der Waals surface area contributed by atoms with Crippen LogP contribution < -0.4 is 10.6 Å². The molecular weight excluding hydrogens is 320 g/mol. The van der Waals surface area contributed by atoms with Gasteiger partial charge in [0.25, 0.3) is 0 Å². The Morgan fingerprint density at radius 2 is 1.48 bits per heavy atom. The van der Waals surface area contributed by atoms with Gasteiger partial charge in [-0.2, -0.15) is 0 Å². The van der Waals surface area contributed by atoms with Gasteiger partial charge < -0.3 is 15.7 Å². The van der Waals surface area contributed by atoms with Crippen LogP contribution >= 0.6 is 0 Å². The molecule has 6 heteroatoms. The summed E-state index contributed by atoms with van der Waals surface area (Å²) in [5.74, 6) is -1.06. The second kappa shape index (κ2) is 13.0. The van der Waals surface area contributed by atoms with E-state index >= 15 is 0 Å². The highest BCUT2D eigenvalue weighted by Gasteiger charge is 2.05. The molecule has 2 amide bonds. The molecule has 0 unspecified atom stereocenters. The molecular formula is C19H28N2O4. The van der Waals surface area contributed by atoms with E-state index in [1.54, 1.807) is 0 Å². The van der Waals surface area contributed by atoms with Gasteiger partial charge in [-0.25, -0.2) is 0 Å². The van der Waals surface area contributed by atoms with E-state index in [4.69, 9.17) is 5.11 Å². The molecule has 0 aliphatic heterocycles. The Hall–Kier alpha value is -2.37. The van der Waals surface area contributed by atoms with Crippen LogP contribution in [0.25, 0.3) is 0 Å². The molecule has 25 heavy (non-hydrogen) atoms. The third kappa shape index (κ3) is 11.8. The zero-order chi connectivity index (χ0) is 18.3. The lowest BCUT2D eigenvalue weighted by Gasteiger charge is -2.07. The number of nitrogens with one attached hydrogen (secondary N) is 2. The van der Waals surface area contributed by atoms with Gasteiger partial charge in [0.05, 0.1) is 6.54 Å². The summed E-state index contributed by atoms with van der Waals surface area (Å²) >= 11 is 0. The van der Waals surface area contributed by atoms with Gasteiger partial charge in [0.1, 0.15) is 0 Å². The number of rotatable bonds is 13. The summed E-state index contributed by atoms with van der Waals surface area (Å²) in [5, 5.41) is 13.9. The average Bonchev–Trinajstić information content (AvgIpc) is 2.61. The first kappa shape index (κ1) is 20.7. The molecule has 0 saturated carbocycles. The lowest BCUT2D eigenvalue weighted by Crippen LogP contribution is -2.37. The highest BCUT2D eigenvalue weighted by molar-refractivity contribution is 5.84. The summed E-state index contributed by atoms with van der Waals surface area (Å²) in [6.07, 6.45) is 5.66. The van der Waals surface area contributed by atoms with Gasteiger partial charge in [-0.1, -0.05) is 49.6 Å². The maximum Gasteiger partial charge on any atom is 0.303 e. The Labute approximate surface area is 149 Å². The van der Waals surface area contributed by atoms with E-state index in [0.717, 1.165) is 31.2 Å². The van der Waals surface area contributed by atoms with Crippen LogP contribution in [0.1, 0.15) is 50.5 Å².